The number of carbonyl (C=O) groups is 1. The number of hydrogen-bond donors (Lipinski definition) is 2. The molecule has 16 heavy (non-hydrogen) atoms. The van der Waals surface area contributed by atoms with Crippen molar-refractivity contribution in [1.29, 1.82) is 0 Å². The Labute approximate surface area is 106 Å². The van der Waals surface area contributed by atoms with Crippen LogP contribution in [0.2, 0.25) is 0 Å². The molecule has 0 heterocycles. The van der Waals surface area contributed by atoms with Crippen molar-refractivity contribution in [1.82, 2.24) is 0 Å². The van der Waals surface area contributed by atoms with Gasteiger partial charge in [0.2, 0.25) is 5.91 Å². The monoisotopic (exact) mass is 255 g/mol. The Bertz CT molecular complexity index is 362. The van der Waals surface area contributed by atoms with E-state index >= 15 is 0 Å². The van der Waals surface area contributed by atoms with Gasteiger partial charge in [0.15, 0.2) is 0 Å². The summed E-state index contributed by atoms with van der Waals surface area (Å²) in [4.78, 5) is 11.0. The van der Waals surface area contributed by atoms with Gasteiger partial charge in [-0.25, -0.2) is 0 Å². The third-order valence-corrected chi connectivity index (χ3v) is 2.42. The molecule has 0 atom stereocenters. The lowest BCUT2D eigenvalue weighted by atomic mass is 10.2. The first-order valence-corrected chi connectivity index (χ1v) is 6.16. The summed E-state index contributed by atoms with van der Waals surface area (Å²) >= 11 is 9.51. The van der Waals surface area contributed by atoms with Gasteiger partial charge in [0.25, 0.3) is 0 Å². The van der Waals surface area contributed by atoms with Crippen LogP contribution in [0.5, 0.6) is 0 Å². The number of hydrogen-bond acceptors (Lipinski definition) is 2. The van der Waals surface area contributed by atoms with E-state index in [1.807, 2.05) is 30.3 Å². The molecule has 0 radical (unpaired) electrons. The van der Waals surface area contributed by atoms with Crippen molar-refractivity contribution < 1.29 is 4.79 Å². The molecule has 0 aliphatic heterocycles. The molecule has 1 aromatic carbocycles. The number of amides is 1. The van der Waals surface area contributed by atoms with Crippen molar-refractivity contribution in [3.8, 4) is 0 Å². The van der Waals surface area contributed by atoms with Crippen molar-refractivity contribution in [2.45, 2.75) is 6.42 Å². The molecular weight excluding hydrogens is 242 g/mol. The van der Waals surface area contributed by atoms with E-state index in [4.69, 9.17) is 11.6 Å². The highest BCUT2D eigenvalue weighted by Crippen LogP contribution is 2.11. The minimum absolute atomic E-state index is 0.0242. The van der Waals surface area contributed by atoms with Crippen LogP contribution in [-0.4, -0.2) is 17.5 Å². The second-order valence-corrected chi connectivity index (χ2v) is 3.93. The van der Waals surface area contributed by atoms with E-state index in [1.165, 1.54) is 0 Å². The maximum Gasteiger partial charge on any atom is 0.239 e. The van der Waals surface area contributed by atoms with E-state index in [9.17, 15) is 4.79 Å². The van der Waals surface area contributed by atoms with Crippen molar-refractivity contribution >= 4 is 41.9 Å². The van der Waals surface area contributed by atoms with Gasteiger partial charge in [0.1, 0.15) is 5.88 Å². The molecule has 0 aliphatic rings. The van der Waals surface area contributed by atoms with Crippen molar-refractivity contribution in [3.63, 3.8) is 0 Å². The molecule has 4 heteroatoms. The maximum atomic E-state index is 11.0. The first-order valence-electron chi connectivity index (χ1n) is 4.99. The number of carbonyl (C=O) groups excluding carboxylic acids is 1. The summed E-state index contributed by atoms with van der Waals surface area (Å²) in [5.74, 6) is 0.629. The van der Waals surface area contributed by atoms with Crippen LogP contribution >= 0.6 is 24.2 Å². The third-order valence-electron chi connectivity index (χ3n) is 1.92. The van der Waals surface area contributed by atoms with Gasteiger partial charge in [-0.15, -0.1) is 11.6 Å². The van der Waals surface area contributed by atoms with E-state index in [0.717, 1.165) is 23.4 Å². The number of alkyl halides is 1. The topological polar surface area (TPSA) is 29.1 Å². The highest BCUT2D eigenvalue weighted by Gasteiger charge is 1.98. The van der Waals surface area contributed by atoms with Crippen LogP contribution in [-0.2, 0) is 4.79 Å². The molecule has 0 bridgehead atoms. The number of nitrogens with one attached hydrogen (secondary N) is 1. The summed E-state index contributed by atoms with van der Waals surface area (Å²) < 4.78 is 0. The summed E-state index contributed by atoms with van der Waals surface area (Å²) in [5.41, 5.74) is 1.86. The van der Waals surface area contributed by atoms with E-state index in [-0.39, 0.29) is 11.8 Å². The highest BCUT2D eigenvalue weighted by molar-refractivity contribution is 7.80. The Morgan fingerprint density at radius 3 is 2.62 bits per heavy atom. The van der Waals surface area contributed by atoms with E-state index in [1.54, 1.807) is 0 Å². The first kappa shape index (κ1) is 13.1. The number of halogens is 1. The van der Waals surface area contributed by atoms with E-state index in [2.05, 4.69) is 24.0 Å². The first-order chi connectivity index (χ1) is 7.76. The molecule has 2 nitrogen and oxygen atoms in total. The van der Waals surface area contributed by atoms with Crippen LogP contribution in [0.15, 0.2) is 30.3 Å². The van der Waals surface area contributed by atoms with Crippen LogP contribution in [0.1, 0.15) is 12.0 Å². The van der Waals surface area contributed by atoms with Gasteiger partial charge in [-0.2, -0.15) is 12.6 Å². The lowest BCUT2D eigenvalue weighted by Crippen LogP contribution is -2.12. The molecule has 0 saturated heterocycles. The van der Waals surface area contributed by atoms with Gasteiger partial charge >= 0.3 is 0 Å². The molecule has 0 aromatic heterocycles. The molecule has 86 valence electrons. The molecule has 0 fully saturated rings. The lowest BCUT2D eigenvalue weighted by Gasteiger charge is -2.02. The Morgan fingerprint density at radius 1 is 1.38 bits per heavy atom. The minimum Gasteiger partial charge on any atom is -0.325 e. The molecule has 0 saturated carbocycles. The fraction of sp³-hybridized carbons (Fsp3) is 0.250. The molecule has 0 spiro atoms. The minimum atomic E-state index is -0.194. The summed E-state index contributed by atoms with van der Waals surface area (Å²) in [5, 5.41) is 2.68. The maximum absolute atomic E-state index is 11.0. The van der Waals surface area contributed by atoms with Gasteiger partial charge in [-0.3, -0.25) is 4.79 Å². The van der Waals surface area contributed by atoms with Crippen LogP contribution in [0.4, 0.5) is 5.69 Å². The lowest BCUT2D eigenvalue weighted by molar-refractivity contribution is -0.113. The van der Waals surface area contributed by atoms with Crippen LogP contribution < -0.4 is 5.32 Å². The zero-order valence-corrected chi connectivity index (χ0v) is 10.5. The van der Waals surface area contributed by atoms with Gasteiger partial charge in [-0.05, 0) is 29.9 Å². The number of rotatable bonds is 5. The smallest absolute Gasteiger partial charge is 0.239 e. The normalized spacial score (nSPS) is 10.6. The molecular formula is C12H14ClNOS. The van der Waals surface area contributed by atoms with Gasteiger partial charge < -0.3 is 5.32 Å². The Kier molecular flexibility index (Phi) is 6.04. The van der Waals surface area contributed by atoms with Crippen LogP contribution in [0.3, 0.4) is 0 Å². The Balaban J connectivity index is 2.57. The number of allylic oxidation sites excluding steroid dienone is 1. The molecule has 1 aromatic rings. The zero-order valence-electron chi connectivity index (χ0n) is 8.82. The van der Waals surface area contributed by atoms with Gasteiger partial charge in [0.05, 0.1) is 0 Å². The molecule has 0 aliphatic carbocycles. The number of thiol groups is 1. The number of benzene rings is 1. The zero-order chi connectivity index (χ0) is 11.8. The molecule has 1 amide bonds. The Hall–Kier alpha value is -0.930. The second-order valence-electron chi connectivity index (χ2n) is 3.22. The third kappa shape index (κ3) is 4.73. The fourth-order valence-electron chi connectivity index (χ4n) is 1.17. The molecule has 1 N–H and O–H groups in total. The Morgan fingerprint density at radius 2 is 2.06 bits per heavy atom. The highest BCUT2D eigenvalue weighted by atomic mass is 35.5. The SMILES string of the molecule is O=C(CCl)Nc1ccc(C=CCCS)cc1. The van der Waals surface area contributed by atoms with Crippen molar-refractivity contribution in [3.05, 3.63) is 35.9 Å². The quantitative estimate of drug-likeness (QED) is 0.614. The standard InChI is InChI=1S/C12H14ClNOS/c13-9-12(15)14-11-6-4-10(5-7-11)3-1-2-8-16/h1,3-7,16H,2,8-9H2,(H,14,15). The van der Waals surface area contributed by atoms with Gasteiger partial charge in [0, 0.05) is 5.69 Å². The fourth-order valence-corrected chi connectivity index (χ4v) is 1.38. The predicted molar refractivity (Wildman–Crippen MR) is 73.3 cm³/mol. The van der Waals surface area contributed by atoms with Crippen LogP contribution in [0, 0.1) is 0 Å². The van der Waals surface area contributed by atoms with Crippen molar-refractivity contribution in [2.24, 2.45) is 0 Å². The largest absolute Gasteiger partial charge is 0.325 e. The number of anilines is 1. The predicted octanol–water partition coefficient (Wildman–Crippen LogP) is 3.20. The van der Waals surface area contributed by atoms with E-state index < -0.39 is 0 Å². The van der Waals surface area contributed by atoms with E-state index in [0.29, 0.717) is 0 Å². The summed E-state index contributed by atoms with van der Waals surface area (Å²) in [6.45, 7) is 0. The van der Waals surface area contributed by atoms with Gasteiger partial charge in [-0.1, -0.05) is 24.3 Å². The summed E-state index contributed by atoms with van der Waals surface area (Å²) in [7, 11) is 0. The van der Waals surface area contributed by atoms with Crippen LogP contribution in [0.25, 0.3) is 6.08 Å². The average Bonchev–Trinajstić information content (AvgIpc) is 2.31. The molecule has 0 unspecified atom stereocenters. The summed E-state index contributed by atoms with van der Waals surface area (Å²) in [6.07, 6.45) is 5.05. The average molecular weight is 256 g/mol. The summed E-state index contributed by atoms with van der Waals surface area (Å²) in [6, 6.07) is 7.59. The van der Waals surface area contributed by atoms with Crippen molar-refractivity contribution in [2.75, 3.05) is 16.9 Å². The molecule has 1 rings (SSSR count). The second kappa shape index (κ2) is 7.36.